The predicted octanol–water partition coefficient (Wildman–Crippen LogP) is 0.197. The van der Waals surface area contributed by atoms with Crippen molar-refractivity contribution in [2.45, 2.75) is 0 Å². The maximum absolute atomic E-state index is 10.0. The summed E-state index contributed by atoms with van der Waals surface area (Å²) in [5.41, 5.74) is 0. The van der Waals surface area contributed by atoms with E-state index in [1.54, 1.807) is 0 Å². The fourth-order valence-electron chi connectivity index (χ4n) is 0.551. The van der Waals surface area contributed by atoms with Crippen molar-refractivity contribution in [2.75, 3.05) is 18.8 Å². The summed E-state index contributed by atoms with van der Waals surface area (Å²) in [4.78, 5) is 10.0. The number of azo groups is 1. The molecule has 1 heterocycles. The van der Waals surface area contributed by atoms with Crippen LogP contribution in [0.4, 0.5) is 0 Å². The van der Waals surface area contributed by atoms with Crippen molar-refractivity contribution in [1.29, 1.82) is 0 Å². The minimum atomic E-state index is -0.826. The van der Waals surface area contributed by atoms with E-state index in [9.17, 15) is 4.79 Å². The van der Waals surface area contributed by atoms with Crippen LogP contribution in [0.1, 0.15) is 0 Å². The summed E-state index contributed by atoms with van der Waals surface area (Å²) in [7, 11) is 0. The van der Waals surface area contributed by atoms with E-state index in [1.165, 1.54) is 16.1 Å². The van der Waals surface area contributed by atoms with Crippen LogP contribution in [0.15, 0.2) is 5.11 Å². The van der Waals surface area contributed by atoms with Gasteiger partial charge in [-0.2, -0.15) is 0 Å². The van der Waals surface area contributed by atoms with E-state index in [-0.39, 0.29) is 6.54 Å². The van der Waals surface area contributed by atoms with Gasteiger partial charge in [0.2, 0.25) is 0 Å². The maximum Gasteiger partial charge on any atom is 0.373 e. The molecule has 9 heavy (non-hydrogen) atoms. The molecular weight excluding hydrogens is 140 g/mol. The van der Waals surface area contributed by atoms with Gasteiger partial charge in [-0.15, -0.1) is 0 Å². The van der Waals surface area contributed by atoms with Gasteiger partial charge in [-0.3, -0.25) is 0 Å². The van der Waals surface area contributed by atoms with Crippen LogP contribution in [0.25, 0.3) is 0 Å². The molecule has 0 bridgehead atoms. The number of rotatable bonds is 2. The molecule has 1 rings (SSSR count). The van der Waals surface area contributed by atoms with Crippen LogP contribution in [-0.4, -0.2) is 34.0 Å². The molecule has 0 aromatic carbocycles. The first kappa shape index (κ1) is 6.54. The molecule has 4 nitrogen and oxygen atoms in total. The number of hydrogen-bond acceptors (Lipinski definition) is 3. The number of carboxylic acid groups (broad SMARTS) is 1. The third-order valence-electron chi connectivity index (χ3n) is 0.860. The Balaban J connectivity index is 2.35. The van der Waals surface area contributed by atoms with Gasteiger partial charge in [-0.25, -0.2) is 4.79 Å². The van der Waals surface area contributed by atoms with E-state index in [0.717, 1.165) is 12.3 Å². The molecule has 0 aliphatic carbocycles. The van der Waals surface area contributed by atoms with Gasteiger partial charge in [-0.1, -0.05) is 0 Å². The molecule has 5 heteroatoms. The van der Waals surface area contributed by atoms with Crippen molar-refractivity contribution < 1.29 is 14.0 Å². The molecule has 0 spiro atoms. The lowest BCUT2D eigenvalue weighted by molar-refractivity contribution is -0.411. The molecule has 0 aromatic heterocycles. The second-order valence-corrected chi connectivity index (χ2v) is 2.69. The third-order valence-corrected chi connectivity index (χ3v) is 1.77. The van der Waals surface area contributed by atoms with Crippen molar-refractivity contribution in [2.24, 2.45) is 5.11 Å². The third kappa shape index (κ3) is 2.01. The molecule has 50 valence electrons. The van der Waals surface area contributed by atoms with Crippen molar-refractivity contribution in [3.63, 3.8) is 0 Å². The molecule has 0 aromatic rings. The Morgan fingerprint density at radius 2 is 2.67 bits per heavy atom. The minimum absolute atomic E-state index is 0.0185. The Morgan fingerprint density at radius 1 is 1.89 bits per heavy atom. The first-order valence-electron chi connectivity index (χ1n) is 2.58. The summed E-state index contributed by atoms with van der Waals surface area (Å²) in [5.74, 6) is 0.0842. The molecule has 1 N–H and O–H groups in total. The topological polar surface area (TPSA) is 52.7 Å². The van der Waals surface area contributed by atoms with E-state index in [2.05, 4.69) is 5.11 Å². The highest BCUT2D eigenvalue weighted by atomic mass is 32.2. The number of aliphatic carboxylic acids is 1. The standard InChI is InChI=1S/C4H6N2O2S/c7-4(8)3-6-5-1-2-9-6/h1-3H2/p+1. The Labute approximate surface area is 56.7 Å². The highest BCUT2D eigenvalue weighted by Gasteiger charge is 2.18. The highest BCUT2D eigenvalue weighted by molar-refractivity contribution is 7.93. The molecule has 0 atom stereocenters. The van der Waals surface area contributed by atoms with Gasteiger partial charge < -0.3 is 5.11 Å². The van der Waals surface area contributed by atoms with Gasteiger partial charge in [0, 0.05) is 0 Å². The normalized spacial score (nSPS) is 17.6. The molecule has 0 saturated carbocycles. The Kier molecular flexibility index (Phi) is 2.05. The fourth-order valence-corrected chi connectivity index (χ4v) is 1.29. The summed E-state index contributed by atoms with van der Waals surface area (Å²) in [6.07, 6.45) is 0. The van der Waals surface area contributed by atoms with Crippen LogP contribution in [0, 0.1) is 0 Å². The van der Waals surface area contributed by atoms with Gasteiger partial charge >= 0.3 is 5.97 Å². The molecule has 1 aliphatic heterocycles. The molecule has 1 aliphatic rings. The zero-order valence-electron chi connectivity index (χ0n) is 4.78. The zero-order chi connectivity index (χ0) is 6.69. The number of nitrogens with zero attached hydrogens (tertiary/aromatic N) is 2. The van der Waals surface area contributed by atoms with Crippen LogP contribution in [0.2, 0.25) is 0 Å². The summed E-state index contributed by atoms with van der Waals surface area (Å²) in [5, 5.41) is 12.2. The van der Waals surface area contributed by atoms with Crippen LogP contribution in [-0.2, 0) is 4.79 Å². The monoisotopic (exact) mass is 147 g/mol. The average Bonchev–Trinajstić information content (AvgIpc) is 2.15. The summed E-state index contributed by atoms with van der Waals surface area (Å²) >= 11 is 1.46. The van der Waals surface area contributed by atoms with Crippen molar-refractivity contribution >= 4 is 17.9 Å². The first-order chi connectivity index (χ1) is 4.29. The SMILES string of the molecule is O=C(O)C[N+]1=NCCS1. The second kappa shape index (κ2) is 2.82. The molecule has 0 amide bonds. The van der Waals surface area contributed by atoms with Gasteiger partial charge in [0.25, 0.3) is 6.54 Å². The van der Waals surface area contributed by atoms with E-state index in [1.807, 2.05) is 0 Å². The fraction of sp³-hybridized carbons (Fsp3) is 0.750. The second-order valence-electron chi connectivity index (χ2n) is 1.60. The quantitative estimate of drug-likeness (QED) is 0.448. The highest BCUT2D eigenvalue weighted by Crippen LogP contribution is 2.09. The lowest BCUT2D eigenvalue weighted by atomic mass is 10.7. The van der Waals surface area contributed by atoms with E-state index < -0.39 is 5.97 Å². The Hall–Kier alpha value is -0.580. The van der Waals surface area contributed by atoms with Crippen LogP contribution >= 0.6 is 11.9 Å². The smallest absolute Gasteiger partial charge is 0.373 e. The van der Waals surface area contributed by atoms with Crippen molar-refractivity contribution in [1.82, 2.24) is 0 Å². The minimum Gasteiger partial charge on any atom is -0.476 e. The lowest BCUT2D eigenvalue weighted by Crippen LogP contribution is -2.10. The predicted molar refractivity (Wildman–Crippen MR) is 32.5 cm³/mol. The zero-order valence-corrected chi connectivity index (χ0v) is 5.60. The molecule has 0 radical (unpaired) electrons. The van der Waals surface area contributed by atoms with Gasteiger partial charge in [0.1, 0.15) is 6.54 Å². The van der Waals surface area contributed by atoms with Crippen LogP contribution in [0.3, 0.4) is 0 Å². The molecule has 0 fully saturated rings. The number of carbonyl (C=O) groups is 1. The molecule has 0 saturated heterocycles. The van der Waals surface area contributed by atoms with Crippen LogP contribution in [0.5, 0.6) is 0 Å². The first-order valence-corrected chi connectivity index (χ1v) is 3.53. The van der Waals surface area contributed by atoms with Crippen molar-refractivity contribution in [3.8, 4) is 0 Å². The lowest BCUT2D eigenvalue weighted by Gasteiger charge is -1.82. The largest absolute Gasteiger partial charge is 0.476 e. The maximum atomic E-state index is 10.0. The number of hydrogen-bond donors (Lipinski definition) is 1. The average molecular weight is 147 g/mol. The van der Waals surface area contributed by atoms with Gasteiger partial charge in [0.05, 0.1) is 5.75 Å². The summed E-state index contributed by atoms with van der Waals surface area (Å²) in [6, 6.07) is 0. The van der Waals surface area contributed by atoms with E-state index in [0.29, 0.717) is 0 Å². The van der Waals surface area contributed by atoms with Crippen LogP contribution < -0.4 is 0 Å². The molecule has 0 unspecified atom stereocenters. The number of carboxylic acids is 1. The van der Waals surface area contributed by atoms with E-state index >= 15 is 0 Å². The molecular formula is C4H7N2O2S+. The van der Waals surface area contributed by atoms with Crippen molar-refractivity contribution in [3.05, 3.63) is 0 Å². The Morgan fingerprint density at radius 3 is 3.11 bits per heavy atom. The van der Waals surface area contributed by atoms with Gasteiger partial charge in [-0.05, 0) is 9.22 Å². The van der Waals surface area contributed by atoms with E-state index in [4.69, 9.17) is 5.11 Å². The van der Waals surface area contributed by atoms with Gasteiger partial charge in [0.15, 0.2) is 11.9 Å². The summed E-state index contributed by atoms with van der Waals surface area (Å²) in [6.45, 7) is 0.766. The summed E-state index contributed by atoms with van der Waals surface area (Å²) < 4.78 is 1.50. The Bertz CT molecular complexity index is 157.